The molecule has 0 amide bonds. The van der Waals surface area contributed by atoms with Gasteiger partial charge in [0.2, 0.25) is 0 Å². The second-order valence-electron chi connectivity index (χ2n) is 12.2. The average Bonchev–Trinajstić information content (AvgIpc) is 3.16. The van der Waals surface area contributed by atoms with Crippen molar-refractivity contribution >= 4 is 35.3 Å². The van der Waals surface area contributed by atoms with Crippen LogP contribution < -0.4 is 9.47 Å². The number of aryl methyl sites for hydroxylation is 2. The molecule has 51 heavy (non-hydrogen) atoms. The number of phenols is 2. The standard InChI is InChI=1S/C44H42O4S3/c1-47-39-15-21-43(35(29-39)27-33-7-3-31(4-8-33)23-25-49-41-17-11-37(45)12-18-41)51-44-22-16-40(48-2)30-36(44)28-34-9-5-32(6-10-34)24-26-50-42-19-13-38(46)14-20-42/h3-22,29-30,45-46H,23-28H2,1-2H3. The van der Waals surface area contributed by atoms with E-state index in [1.165, 1.54) is 53.0 Å². The number of phenolic OH excluding ortho intramolecular Hbond substituents is 2. The van der Waals surface area contributed by atoms with Gasteiger partial charge in [0.25, 0.3) is 0 Å². The first-order valence-corrected chi connectivity index (χ1v) is 19.7. The second-order valence-corrected chi connectivity index (χ2v) is 15.6. The normalized spacial score (nSPS) is 11.0. The summed E-state index contributed by atoms with van der Waals surface area (Å²) in [6.45, 7) is 0. The largest absolute Gasteiger partial charge is 0.508 e. The summed E-state index contributed by atoms with van der Waals surface area (Å²) < 4.78 is 11.3. The Bertz CT molecular complexity index is 1850. The van der Waals surface area contributed by atoms with E-state index < -0.39 is 0 Å². The van der Waals surface area contributed by atoms with E-state index in [0.29, 0.717) is 11.5 Å². The van der Waals surface area contributed by atoms with Gasteiger partial charge in [0.05, 0.1) is 14.2 Å². The first kappa shape index (κ1) is 36.4. The Kier molecular flexibility index (Phi) is 13.0. The first-order chi connectivity index (χ1) is 24.9. The average molecular weight is 731 g/mol. The van der Waals surface area contributed by atoms with Crippen molar-refractivity contribution in [3.05, 3.63) is 167 Å². The maximum absolute atomic E-state index is 9.53. The van der Waals surface area contributed by atoms with Gasteiger partial charge in [0, 0.05) is 31.1 Å². The van der Waals surface area contributed by atoms with Crippen LogP contribution >= 0.6 is 35.3 Å². The molecule has 0 atom stereocenters. The van der Waals surface area contributed by atoms with Crippen molar-refractivity contribution in [1.82, 2.24) is 0 Å². The molecular formula is C44H42O4S3. The lowest BCUT2D eigenvalue weighted by atomic mass is 10.0. The van der Waals surface area contributed by atoms with Crippen molar-refractivity contribution in [2.45, 2.75) is 45.3 Å². The van der Waals surface area contributed by atoms with Crippen LogP contribution in [0.4, 0.5) is 0 Å². The highest BCUT2D eigenvalue weighted by atomic mass is 32.2. The van der Waals surface area contributed by atoms with Gasteiger partial charge in [0.15, 0.2) is 0 Å². The molecule has 0 aliphatic heterocycles. The molecule has 260 valence electrons. The Balaban J connectivity index is 1.11. The van der Waals surface area contributed by atoms with E-state index in [9.17, 15) is 10.2 Å². The molecule has 0 fully saturated rings. The smallest absolute Gasteiger partial charge is 0.119 e. The van der Waals surface area contributed by atoms with Crippen LogP contribution in [0.25, 0.3) is 0 Å². The Hall–Kier alpha value is -4.43. The van der Waals surface area contributed by atoms with Gasteiger partial charge in [-0.25, -0.2) is 0 Å². The number of methoxy groups -OCH3 is 2. The van der Waals surface area contributed by atoms with Gasteiger partial charge < -0.3 is 19.7 Å². The fourth-order valence-corrected chi connectivity index (χ4v) is 8.54. The van der Waals surface area contributed by atoms with Crippen LogP contribution in [0.5, 0.6) is 23.0 Å². The second kappa shape index (κ2) is 18.2. The SMILES string of the molecule is COc1ccc(Sc2ccc(OC)cc2Cc2ccc(CCSc3ccc(O)cc3)cc2)c(Cc2ccc(CCSc3ccc(O)cc3)cc2)c1. The third-order valence-corrected chi connectivity index (χ3v) is 11.8. The van der Waals surface area contributed by atoms with Crippen LogP contribution in [0, 0.1) is 0 Å². The molecule has 7 heteroatoms. The molecule has 0 saturated heterocycles. The Morgan fingerprint density at radius 1 is 0.451 bits per heavy atom. The van der Waals surface area contributed by atoms with Crippen molar-refractivity contribution in [2.75, 3.05) is 25.7 Å². The molecule has 2 N–H and O–H groups in total. The maximum Gasteiger partial charge on any atom is 0.119 e. The highest BCUT2D eigenvalue weighted by Gasteiger charge is 2.13. The fourth-order valence-electron chi connectivity index (χ4n) is 5.71. The molecule has 6 aromatic rings. The van der Waals surface area contributed by atoms with Gasteiger partial charge in [-0.3, -0.25) is 0 Å². The summed E-state index contributed by atoms with van der Waals surface area (Å²) in [7, 11) is 3.44. The van der Waals surface area contributed by atoms with Crippen LogP contribution in [-0.4, -0.2) is 35.9 Å². The molecule has 0 heterocycles. The third kappa shape index (κ3) is 10.8. The van der Waals surface area contributed by atoms with Crippen molar-refractivity contribution in [1.29, 1.82) is 0 Å². The lowest BCUT2D eigenvalue weighted by molar-refractivity contribution is 0.414. The fraction of sp³-hybridized carbons (Fsp3) is 0.182. The van der Waals surface area contributed by atoms with Crippen LogP contribution in [-0.2, 0) is 25.7 Å². The van der Waals surface area contributed by atoms with Gasteiger partial charge in [-0.2, -0.15) is 0 Å². The summed E-state index contributed by atoms with van der Waals surface area (Å²) in [5.41, 5.74) is 7.61. The molecule has 0 aliphatic rings. The number of thioether (sulfide) groups is 2. The van der Waals surface area contributed by atoms with Crippen LogP contribution in [0.1, 0.15) is 33.4 Å². The molecule has 0 spiro atoms. The number of ether oxygens (including phenoxy) is 2. The quantitative estimate of drug-likeness (QED) is 0.0962. The lowest BCUT2D eigenvalue weighted by Gasteiger charge is -2.15. The third-order valence-electron chi connectivity index (χ3n) is 8.58. The topological polar surface area (TPSA) is 58.9 Å². The molecule has 0 saturated carbocycles. The van der Waals surface area contributed by atoms with Crippen molar-refractivity contribution in [3.8, 4) is 23.0 Å². The molecule has 6 aromatic carbocycles. The Morgan fingerprint density at radius 2 is 0.824 bits per heavy atom. The van der Waals surface area contributed by atoms with Gasteiger partial charge in [-0.05, 0) is 144 Å². The minimum Gasteiger partial charge on any atom is -0.508 e. The van der Waals surface area contributed by atoms with E-state index in [2.05, 4.69) is 72.8 Å². The minimum absolute atomic E-state index is 0.299. The molecule has 6 rings (SSSR count). The van der Waals surface area contributed by atoms with Crippen LogP contribution in [0.2, 0.25) is 0 Å². The summed E-state index contributed by atoms with van der Waals surface area (Å²) in [6.07, 6.45) is 3.57. The van der Waals surface area contributed by atoms with Gasteiger partial charge in [-0.1, -0.05) is 60.3 Å². The van der Waals surface area contributed by atoms with E-state index in [0.717, 1.165) is 48.7 Å². The molecule has 4 nitrogen and oxygen atoms in total. The first-order valence-electron chi connectivity index (χ1n) is 16.9. The van der Waals surface area contributed by atoms with Crippen molar-refractivity contribution < 1.29 is 19.7 Å². The number of hydrogen-bond acceptors (Lipinski definition) is 7. The molecule has 0 bridgehead atoms. The number of benzene rings is 6. The molecule has 0 radical (unpaired) electrons. The van der Waals surface area contributed by atoms with Crippen LogP contribution in [0.3, 0.4) is 0 Å². The van der Waals surface area contributed by atoms with Gasteiger partial charge >= 0.3 is 0 Å². The predicted molar refractivity (Wildman–Crippen MR) is 214 cm³/mol. The predicted octanol–water partition coefficient (Wildman–Crippen LogP) is 11.1. The van der Waals surface area contributed by atoms with E-state index in [4.69, 9.17) is 9.47 Å². The van der Waals surface area contributed by atoms with Gasteiger partial charge in [-0.15, -0.1) is 23.5 Å². The van der Waals surface area contributed by atoms with Crippen molar-refractivity contribution in [2.24, 2.45) is 0 Å². The highest BCUT2D eigenvalue weighted by molar-refractivity contribution is 7.99. The van der Waals surface area contributed by atoms with E-state index in [1.807, 2.05) is 36.4 Å². The Morgan fingerprint density at radius 3 is 1.20 bits per heavy atom. The zero-order chi connectivity index (χ0) is 35.4. The minimum atomic E-state index is 0.299. The summed E-state index contributed by atoms with van der Waals surface area (Å²) in [6, 6.07) is 45.4. The van der Waals surface area contributed by atoms with Crippen LogP contribution in [0.15, 0.2) is 153 Å². The number of hydrogen-bond donors (Lipinski definition) is 2. The zero-order valence-electron chi connectivity index (χ0n) is 28.9. The summed E-state index contributed by atoms with van der Waals surface area (Å²) in [5.74, 6) is 4.27. The van der Waals surface area contributed by atoms with E-state index in [1.54, 1.807) is 73.8 Å². The van der Waals surface area contributed by atoms with Crippen molar-refractivity contribution in [3.63, 3.8) is 0 Å². The lowest BCUT2D eigenvalue weighted by Crippen LogP contribution is -1.97. The molecule has 0 unspecified atom stereocenters. The monoisotopic (exact) mass is 730 g/mol. The van der Waals surface area contributed by atoms with Gasteiger partial charge in [0.1, 0.15) is 23.0 Å². The van der Waals surface area contributed by atoms with E-state index >= 15 is 0 Å². The highest BCUT2D eigenvalue weighted by Crippen LogP contribution is 2.38. The molecular weight excluding hydrogens is 689 g/mol. The maximum atomic E-state index is 9.53. The zero-order valence-corrected chi connectivity index (χ0v) is 31.3. The Labute approximate surface area is 314 Å². The number of rotatable bonds is 16. The summed E-state index contributed by atoms with van der Waals surface area (Å²) >= 11 is 5.40. The summed E-state index contributed by atoms with van der Waals surface area (Å²) in [4.78, 5) is 4.74. The number of aromatic hydroxyl groups is 2. The molecule has 0 aromatic heterocycles. The molecule has 0 aliphatic carbocycles. The summed E-state index contributed by atoms with van der Waals surface area (Å²) in [5, 5.41) is 19.1. The van der Waals surface area contributed by atoms with E-state index in [-0.39, 0.29) is 0 Å².